The average Bonchev–Trinajstić information content (AvgIpc) is 2.21. The van der Waals surface area contributed by atoms with E-state index >= 15 is 0 Å². The number of hydrogen-bond acceptors (Lipinski definition) is 3. The number of hydrazine groups is 1. The third-order valence-electron chi connectivity index (χ3n) is 2.25. The smallest absolute Gasteiger partial charge is 0.0750 e. The fourth-order valence-electron chi connectivity index (χ4n) is 1.31. The van der Waals surface area contributed by atoms with Crippen molar-refractivity contribution in [2.45, 2.75) is 19.1 Å². The van der Waals surface area contributed by atoms with Crippen LogP contribution in [0.3, 0.4) is 0 Å². The van der Waals surface area contributed by atoms with Crippen LogP contribution in [0.2, 0.25) is 5.02 Å². The third kappa shape index (κ3) is 2.69. The summed E-state index contributed by atoms with van der Waals surface area (Å²) in [5.74, 6) is 5.46. The van der Waals surface area contributed by atoms with Crippen molar-refractivity contribution < 1.29 is 4.74 Å². The molecule has 1 aromatic carbocycles. The molecule has 0 aromatic heterocycles. The number of rotatable bonds is 4. The van der Waals surface area contributed by atoms with E-state index in [1.807, 2.05) is 31.2 Å². The summed E-state index contributed by atoms with van der Waals surface area (Å²) in [6, 6.07) is 7.52. The van der Waals surface area contributed by atoms with Gasteiger partial charge in [-0.2, -0.15) is 0 Å². The van der Waals surface area contributed by atoms with E-state index < -0.39 is 0 Å². The van der Waals surface area contributed by atoms with Crippen LogP contribution >= 0.6 is 11.6 Å². The van der Waals surface area contributed by atoms with E-state index in [9.17, 15) is 0 Å². The van der Waals surface area contributed by atoms with E-state index in [0.29, 0.717) is 0 Å². The van der Waals surface area contributed by atoms with Crippen molar-refractivity contribution in [3.63, 3.8) is 0 Å². The molecule has 0 heterocycles. The van der Waals surface area contributed by atoms with Crippen molar-refractivity contribution in [1.82, 2.24) is 5.43 Å². The number of nitrogens with two attached hydrogens (primary N) is 1. The first kappa shape index (κ1) is 11.5. The summed E-state index contributed by atoms with van der Waals surface area (Å²) in [6.45, 7) is 1.96. The molecule has 0 aliphatic carbocycles. The predicted molar refractivity (Wildman–Crippen MR) is 58.0 cm³/mol. The largest absolute Gasteiger partial charge is 0.380 e. The molecule has 14 heavy (non-hydrogen) atoms. The van der Waals surface area contributed by atoms with Crippen LogP contribution in [0.15, 0.2) is 24.3 Å². The number of hydrogen-bond donors (Lipinski definition) is 2. The Morgan fingerprint density at radius 1 is 1.36 bits per heavy atom. The molecule has 0 amide bonds. The predicted octanol–water partition coefficient (Wildman–Crippen LogP) is 1.88. The van der Waals surface area contributed by atoms with Gasteiger partial charge < -0.3 is 4.74 Å². The highest BCUT2D eigenvalue weighted by Crippen LogP contribution is 2.19. The molecule has 2 atom stereocenters. The Morgan fingerprint density at radius 2 is 1.93 bits per heavy atom. The Morgan fingerprint density at radius 3 is 2.36 bits per heavy atom. The van der Waals surface area contributed by atoms with Crippen molar-refractivity contribution in [1.29, 1.82) is 0 Å². The van der Waals surface area contributed by atoms with Crippen molar-refractivity contribution in [2.24, 2.45) is 5.84 Å². The van der Waals surface area contributed by atoms with E-state index in [-0.39, 0.29) is 12.1 Å². The second-order valence-corrected chi connectivity index (χ2v) is 3.57. The second-order valence-electron chi connectivity index (χ2n) is 3.14. The Labute approximate surface area is 89.2 Å². The fraction of sp³-hybridized carbons (Fsp3) is 0.400. The molecule has 0 aliphatic heterocycles. The first-order valence-corrected chi connectivity index (χ1v) is 4.81. The molecular weight excluding hydrogens is 200 g/mol. The van der Waals surface area contributed by atoms with Crippen LogP contribution in [-0.2, 0) is 4.74 Å². The summed E-state index contributed by atoms with van der Waals surface area (Å²) < 4.78 is 5.21. The van der Waals surface area contributed by atoms with E-state index in [1.165, 1.54) is 0 Å². The van der Waals surface area contributed by atoms with Gasteiger partial charge in [0.05, 0.1) is 12.1 Å². The molecule has 3 N–H and O–H groups in total. The minimum atomic E-state index is -0.0164. The van der Waals surface area contributed by atoms with Gasteiger partial charge in [0.25, 0.3) is 0 Å². The lowest BCUT2D eigenvalue weighted by Crippen LogP contribution is -2.36. The van der Waals surface area contributed by atoms with Crippen LogP contribution in [0.1, 0.15) is 18.5 Å². The topological polar surface area (TPSA) is 47.3 Å². The molecule has 0 spiro atoms. The van der Waals surface area contributed by atoms with E-state index in [0.717, 1.165) is 10.6 Å². The summed E-state index contributed by atoms with van der Waals surface area (Å²) >= 11 is 5.79. The molecule has 78 valence electrons. The van der Waals surface area contributed by atoms with Gasteiger partial charge in [-0.3, -0.25) is 11.3 Å². The van der Waals surface area contributed by atoms with Gasteiger partial charge in [0.15, 0.2) is 0 Å². The highest BCUT2D eigenvalue weighted by atomic mass is 35.5. The summed E-state index contributed by atoms with van der Waals surface area (Å²) in [6.07, 6.45) is 0.0150. The first-order valence-electron chi connectivity index (χ1n) is 4.43. The van der Waals surface area contributed by atoms with Crippen molar-refractivity contribution in [3.8, 4) is 0 Å². The molecule has 2 unspecified atom stereocenters. The molecule has 1 rings (SSSR count). The van der Waals surface area contributed by atoms with Crippen LogP contribution in [0.25, 0.3) is 0 Å². The molecule has 0 aliphatic rings. The summed E-state index contributed by atoms with van der Waals surface area (Å²) in [5.41, 5.74) is 3.78. The Hall–Kier alpha value is -0.610. The summed E-state index contributed by atoms with van der Waals surface area (Å²) in [5, 5.41) is 0.717. The lowest BCUT2D eigenvalue weighted by molar-refractivity contribution is 0.0831. The van der Waals surface area contributed by atoms with Crippen molar-refractivity contribution >= 4 is 11.6 Å². The second kappa shape index (κ2) is 5.32. The molecular formula is C10H15ClN2O. The van der Waals surface area contributed by atoms with Gasteiger partial charge in [-0.15, -0.1) is 0 Å². The van der Waals surface area contributed by atoms with Crippen LogP contribution in [0.5, 0.6) is 0 Å². The van der Waals surface area contributed by atoms with Crippen LogP contribution in [0.4, 0.5) is 0 Å². The van der Waals surface area contributed by atoms with Gasteiger partial charge in [0.2, 0.25) is 0 Å². The Balaban J connectivity index is 2.84. The normalized spacial score (nSPS) is 15.1. The zero-order chi connectivity index (χ0) is 10.6. The van der Waals surface area contributed by atoms with Crippen LogP contribution < -0.4 is 11.3 Å². The molecule has 0 bridgehead atoms. The fourth-order valence-corrected chi connectivity index (χ4v) is 1.43. The van der Waals surface area contributed by atoms with E-state index in [1.54, 1.807) is 7.11 Å². The highest BCUT2D eigenvalue weighted by Gasteiger charge is 2.16. The van der Waals surface area contributed by atoms with Gasteiger partial charge in [-0.25, -0.2) is 0 Å². The molecule has 1 aromatic rings. The number of methoxy groups -OCH3 is 1. The van der Waals surface area contributed by atoms with Gasteiger partial charge in [-0.1, -0.05) is 23.7 Å². The standard InChI is InChI=1S/C10H15ClN2O/c1-7(14-2)10(13-12)8-3-5-9(11)6-4-8/h3-7,10,13H,12H2,1-2H3. The highest BCUT2D eigenvalue weighted by molar-refractivity contribution is 6.30. The SMILES string of the molecule is COC(C)C(NN)c1ccc(Cl)cc1. The molecule has 0 fully saturated rings. The van der Waals surface area contributed by atoms with Gasteiger partial charge in [-0.05, 0) is 24.6 Å². The maximum absolute atomic E-state index is 5.79. The van der Waals surface area contributed by atoms with E-state index in [4.69, 9.17) is 22.2 Å². The minimum absolute atomic E-state index is 0.0150. The summed E-state index contributed by atoms with van der Waals surface area (Å²) in [7, 11) is 1.66. The van der Waals surface area contributed by atoms with Gasteiger partial charge in [0.1, 0.15) is 0 Å². The summed E-state index contributed by atoms with van der Waals surface area (Å²) in [4.78, 5) is 0. The maximum Gasteiger partial charge on any atom is 0.0750 e. The quantitative estimate of drug-likeness (QED) is 0.594. The number of ether oxygens (including phenoxy) is 1. The van der Waals surface area contributed by atoms with Gasteiger partial charge >= 0.3 is 0 Å². The average molecular weight is 215 g/mol. The van der Waals surface area contributed by atoms with Crippen LogP contribution in [0, 0.1) is 0 Å². The first-order chi connectivity index (χ1) is 6.69. The monoisotopic (exact) mass is 214 g/mol. The zero-order valence-corrected chi connectivity index (χ0v) is 9.08. The molecule has 0 radical (unpaired) electrons. The number of benzene rings is 1. The zero-order valence-electron chi connectivity index (χ0n) is 8.33. The van der Waals surface area contributed by atoms with Crippen molar-refractivity contribution in [3.05, 3.63) is 34.9 Å². The van der Waals surface area contributed by atoms with Crippen molar-refractivity contribution in [2.75, 3.05) is 7.11 Å². The molecule has 3 nitrogen and oxygen atoms in total. The molecule has 4 heteroatoms. The van der Waals surface area contributed by atoms with E-state index in [2.05, 4.69) is 5.43 Å². The Kier molecular flexibility index (Phi) is 4.35. The third-order valence-corrected chi connectivity index (χ3v) is 2.50. The Bertz CT molecular complexity index is 276. The lowest BCUT2D eigenvalue weighted by Gasteiger charge is -2.22. The minimum Gasteiger partial charge on any atom is -0.380 e. The van der Waals surface area contributed by atoms with Gasteiger partial charge in [0, 0.05) is 12.1 Å². The van der Waals surface area contributed by atoms with Crippen LogP contribution in [-0.4, -0.2) is 13.2 Å². The maximum atomic E-state index is 5.79. The molecule has 0 saturated heterocycles. The lowest BCUT2D eigenvalue weighted by atomic mass is 10.0. The molecule has 0 saturated carbocycles. The number of halogens is 1. The number of nitrogens with one attached hydrogen (secondary N) is 1.